The number of carbonyl (C=O) groups excluding carboxylic acids is 1. The molecule has 3 N–H and O–H groups in total. The minimum Gasteiger partial charge on any atom is -0.379 e. The highest BCUT2D eigenvalue weighted by Crippen LogP contribution is 2.29. The van der Waals surface area contributed by atoms with E-state index in [4.69, 9.17) is 10.5 Å². The van der Waals surface area contributed by atoms with Gasteiger partial charge in [-0.05, 0) is 31.6 Å². The van der Waals surface area contributed by atoms with Crippen molar-refractivity contribution >= 4 is 5.91 Å². The summed E-state index contributed by atoms with van der Waals surface area (Å²) in [5.41, 5.74) is 5.90. The van der Waals surface area contributed by atoms with E-state index in [1.165, 1.54) is 0 Å². The lowest BCUT2D eigenvalue weighted by Gasteiger charge is -2.32. The van der Waals surface area contributed by atoms with Crippen LogP contribution in [0.5, 0.6) is 0 Å². The highest BCUT2D eigenvalue weighted by Gasteiger charge is 2.32. The summed E-state index contributed by atoms with van der Waals surface area (Å²) >= 11 is 0. The van der Waals surface area contributed by atoms with Crippen LogP contribution in [-0.2, 0) is 9.53 Å². The average Bonchev–Trinajstić information content (AvgIpc) is 2.70. The molecule has 4 heteroatoms. The largest absolute Gasteiger partial charge is 0.379 e. The summed E-state index contributed by atoms with van der Waals surface area (Å²) in [5, 5.41) is 3.09. The number of hydrogen-bond donors (Lipinski definition) is 2. The minimum absolute atomic E-state index is 0.153. The first-order valence-corrected chi connectivity index (χ1v) is 6.30. The molecule has 0 radical (unpaired) electrons. The van der Waals surface area contributed by atoms with Crippen molar-refractivity contribution in [2.75, 3.05) is 13.2 Å². The van der Waals surface area contributed by atoms with Crippen molar-refractivity contribution in [2.45, 2.75) is 44.7 Å². The number of nitrogens with two attached hydrogens (primary N) is 1. The summed E-state index contributed by atoms with van der Waals surface area (Å²) in [6.07, 6.45) is 3.83. The van der Waals surface area contributed by atoms with Crippen molar-refractivity contribution in [3.05, 3.63) is 0 Å². The molecule has 0 spiro atoms. The summed E-state index contributed by atoms with van der Waals surface area (Å²) < 4.78 is 5.25. The van der Waals surface area contributed by atoms with Crippen molar-refractivity contribution in [3.63, 3.8) is 0 Å². The Bertz CT molecular complexity index is 251. The van der Waals surface area contributed by atoms with Gasteiger partial charge in [-0.2, -0.15) is 0 Å². The fourth-order valence-electron chi connectivity index (χ4n) is 2.78. The second-order valence-electron chi connectivity index (χ2n) is 5.23. The number of ether oxygens (including phenoxy) is 1. The number of carbonyl (C=O) groups is 1. The molecule has 4 atom stereocenters. The quantitative estimate of drug-likeness (QED) is 0.727. The van der Waals surface area contributed by atoms with E-state index < -0.39 is 0 Å². The summed E-state index contributed by atoms with van der Waals surface area (Å²) in [5.74, 6) is 0.765. The van der Waals surface area contributed by atoms with Gasteiger partial charge < -0.3 is 15.8 Å². The van der Waals surface area contributed by atoms with E-state index in [1.54, 1.807) is 0 Å². The molecular weight excluding hydrogens is 204 g/mol. The lowest BCUT2D eigenvalue weighted by atomic mass is 9.77. The third-order valence-electron chi connectivity index (χ3n) is 3.82. The highest BCUT2D eigenvalue weighted by molar-refractivity contribution is 5.79. The van der Waals surface area contributed by atoms with Gasteiger partial charge in [-0.3, -0.25) is 4.79 Å². The first-order valence-electron chi connectivity index (χ1n) is 6.30. The molecule has 2 rings (SSSR count). The minimum atomic E-state index is 0.153. The van der Waals surface area contributed by atoms with Crippen LogP contribution in [0.15, 0.2) is 0 Å². The molecule has 0 aromatic carbocycles. The van der Waals surface area contributed by atoms with Crippen LogP contribution in [0.25, 0.3) is 0 Å². The van der Waals surface area contributed by atoms with Gasteiger partial charge in [0.15, 0.2) is 0 Å². The third-order valence-corrected chi connectivity index (χ3v) is 3.82. The zero-order valence-corrected chi connectivity index (χ0v) is 9.95. The van der Waals surface area contributed by atoms with Crippen LogP contribution in [0, 0.1) is 11.8 Å². The van der Waals surface area contributed by atoms with Crippen LogP contribution in [-0.4, -0.2) is 31.2 Å². The van der Waals surface area contributed by atoms with Crippen LogP contribution in [0.3, 0.4) is 0 Å². The molecule has 92 valence electrons. The zero-order chi connectivity index (χ0) is 11.5. The maximum absolute atomic E-state index is 12.1. The average molecular weight is 226 g/mol. The molecule has 4 unspecified atom stereocenters. The standard InChI is InChI=1S/C12H22N2O2/c1-8-6-9(13)2-3-11(8)12(15)14-10-4-5-16-7-10/h8-11H,2-7,13H2,1H3,(H,14,15). The first kappa shape index (κ1) is 11.9. The predicted molar refractivity (Wildman–Crippen MR) is 61.8 cm³/mol. The van der Waals surface area contributed by atoms with Crippen LogP contribution < -0.4 is 11.1 Å². The molecule has 2 fully saturated rings. The van der Waals surface area contributed by atoms with E-state index in [-0.39, 0.29) is 23.9 Å². The number of rotatable bonds is 2. The second kappa shape index (κ2) is 5.15. The topological polar surface area (TPSA) is 64.4 Å². The lowest BCUT2D eigenvalue weighted by Crippen LogP contribution is -2.44. The molecular formula is C12H22N2O2. The van der Waals surface area contributed by atoms with E-state index in [0.29, 0.717) is 12.5 Å². The van der Waals surface area contributed by atoms with Crippen LogP contribution in [0.1, 0.15) is 32.6 Å². The van der Waals surface area contributed by atoms with Gasteiger partial charge in [0, 0.05) is 18.6 Å². The van der Waals surface area contributed by atoms with Gasteiger partial charge in [0.2, 0.25) is 5.91 Å². The van der Waals surface area contributed by atoms with E-state index in [2.05, 4.69) is 12.2 Å². The zero-order valence-electron chi connectivity index (χ0n) is 9.95. The fraction of sp³-hybridized carbons (Fsp3) is 0.917. The monoisotopic (exact) mass is 226 g/mol. The fourth-order valence-corrected chi connectivity index (χ4v) is 2.78. The summed E-state index contributed by atoms with van der Waals surface area (Å²) in [7, 11) is 0. The Morgan fingerprint density at radius 3 is 2.81 bits per heavy atom. The van der Waals surface area contributed by atoms with Crippen LogP contribution in [0.2, 0.25) is 0 Å². The lowest BCUT2D eigenvalue weighted by molar-refractivity contribution is -0.128. The third kappa shape index (κ3) is 2.74. The number of hydrogen-bond acceptors (Lipinski definition) is 3. The van der Waals surface area contributed by atoms with Crippen LogP contribution in [0.4, 0.5) is 0 Å². The van der Waals surface area contributed by atoms with Crippen molar-refractivity contribution in [3.8, 4) is 0 Å². The Kier molecular flexibility index (Phi) is 3.82. The second-order valence-corrected chi connectivity index (χ2v) is 5.23. The Balaban J connectivity index is 1.83. The molecule has 0 aromatic heterocycles. The van der Waals surface area contributed by atoms with Gasteiger partial charge in [-0.1, -0.05) is 6.92 Å². The van der Waals surface area contributed by atoms with Gasteiger partial charge in [0.1, 0.15) is 0 Å². The summed E-state index contributed by atoms with van der Waals surface area (Å²) in [4.78, 5) is 12.1. The van der Waals surface area contributed by atoms with E-state index >= 15 is 0 Å². The molecule has 16 heavy (non-hydrogen) atoms. The van der Waals surface area contributed by atoms with Gasteiger partial charge in [-0.15, -0.1) is 0 Å². The Morgan fingerprint density at radius 2 is 2.19 bits per heavy atom. The molecule has 1 saturated heterocycles. The van der Waals surface area contributed by atoms with Crippen molar-refractivity contribution < 1.29 is 9.53 Å². The Labute approximate surface area is 96.9 Å². The maximum Gasteiger partial charge on any atom is 0.223 e. The number of amides is 1. The van der Waals surface area contributed by atoms with E-state index in [0.717, 1.165) is 32.3 Å². The van der Waals surface area contributed by atoms with Crippen molar-refractivity contribution in [1.29, 1.82) is 0 Å². The van der Waals surface area contributed by atoms with Crippen molar-refractivity contribution in [1.82, 2.24) is 5.32 Å². The van der Waals surface area contributed by atoms with Gasteiger partial charge >= 0.3 is 0 Å². The van der Waals surface area contributed by atoms with E-state index in [9.17, 15) is 4.79 Å². The molecule has 1 aliphatic carbocycles. The van der Waals surface area contributed by atoms with Crippen molar-refractivity contribution in [2.24, 2.45) is 17.6 Å². The van der Waals surface area contributed by atoms with Gasteiger partial charge in [0.25, 0.3) is 0 Å². The maximum atomic E-state index is 12.1. The summed E-state index contributed by atoms with van der Waals surface area (Å²) in [6, 6.07) is 0.518. The van der Waals surface area contributed by atoms with Gasteiger partial charge in [-0.25, -0.2) is 0 Å². The SMILES string of the molecule is CC1CC(N)CCC1C(=O)NC1CCOC1. The predicted octanol–water partition coefficient (Wildman–Crippen LogP) is 0.655. The molecule has 4 nitrogen and oxygen atoms in total. The highest BCUT2D eigenvalue weighted by atomic mass is 16.5. The number of nitrogens with one attached hydrogen (secondary N) is 1. The summed E-state index contributed by atoms with van der Waals surface area (Å²) in [6.45, 7) is 3.58. The smallest absolute Gasteiger partial charge is 0.223 e. The Morgan fingerprint density at radius 1 is 1.38 bits per heavy atom. The molecule has 1 saturated carbocycles. The molecule has 2 aliphatic rings. The molecule has 0 aromatic rings. The molecule has 1 aliphatic heterocycles. The molecule has 1 amide bonds. The molecule has 1 heterocycles. The van der Waals surface area contributed by atoms with Gasteiger partial charge in [0.05, 0.1) is 12.6 Å². The Hall–Kier alpha value is -0.610. The first-order chi connectivity index (χ1) is 7.66. The van der Waals surface area contributed by atoms with Crippen LogP contribution >= 0.6 is 0 Å². The molecule has 0 bridgehead atoms. The normalized spacial score (nSPS) is 39.6. The van der Waals surface area contributed by atoms with E-state index in [1.807, 2.05) is 0 Å².